The molecule has 6 aromatic rings. The van der Waals surface area contributed by atoms with Crippen LogP contribution in [0.2, 0.25) is 0 Å². The highest BCUT2D eigenvalue weighted by Gasteiger charge is 2.19. The van der Waals surface area contributed by atoms with E-state index < -0.39 is 0 Å². The van der Waals surface area contributed by atoms with Crippen LogP contribution >= 0.6 is 0 Å². The van der Waals surface area contributed by atoms with E-state index in [0.717, 1.165) is 54.9 Å². The molecular weight excluding hydrogens is 422 g/mol. The first-order chi connectivity index (χ1) is 16.7. The first kappa shape index (κ1) is 20.3. The molecule has 2 heteroatoms. The summed E-state index contributed by atoms with van der Waals surface area (Å²) in [6.45, 7) is 0. The van der Waals surface area contributed by atoms with Crippen molar-refractivity contribution in [3.8, 4) is 33.4 Å². The molecule has 0 nitrogen and oxygen atoms in total. The highest BCUT2D eigenvalue weighted by atomic mass is 19.1. The molecule has 6 rings (SSSR count). The predicted molar refractivity (Wildman–Crippen MR) is 138 cm³/mol. The Morgan fingerprint density at radius 3 is 1.47 bits per heavy atom. The largest absolute Gasteiger partial charge is 0.207 e. The summed E-state index contributed by atoms with van der Waals surface area (Å²) in [5, 5.41) is 4.32. The van der Waals surface area contributed by atoms with Crippen molar-refractivity contribution in [1.82, 2.24) is 0 Å². The SMILES string of the molecule is Fc1ccc(-c2c3ccccc3c(-c3ccc(F)cc3)c3c(-c4ccccc4)cccc23)cc1. The molecule has 0 spiro atoms. The van der Waals surface area contributed by atoms with Crippen molar-refractivity contribution in [2.24, 2.45) is 0 Å². The Morgan fingerprint density at radius 1 is 0.353 bits per heavy atom. The second-order valence-electron chi connectivity index (χ2n) is 8.40. The fraction of sp³-hybridized carbons (Fsp3) is 0. The van der Waals surface area contributed by atoms with Crippen LogP contribution in [0, 0.1) is 11.6 Å². The Hall–Kier alpha value is -4.30. The van der Waals surface area contributed by atoms with Crippen molar-refractivity contribution in [2.75, 3.05) is 0 Å². The molecule has 0 bridgehead atoms. The maximum atomic E-state index is 13.9. The van der Waals surface area contributed by atoms with Gasteiger partial charge in [0.1, 0.15) is 11.6 Å². The monoisotopic (exact) mass is 442 g/mol. The van der Waals surface area contributed by atoms with Crippen molar-refractivity contribution in [3.63, 3.8) is 0 Å². The number of benzene rings is 6. The van der Waals surface area contributed by atoms with Gasteiger partial charge in [-0.2, -0.15) is 0 Å². The lowest BCUT2D eigenvalue weighted by Gasteiger charge is -2.20. The Balaban J connectivity index is 1.85. The lowest BCUT2D eigenvalue weighted by molar-refractivity contribution is 0.627. The number of rotatable bonds is 3. The van der Waals surface area contributed by atoms with Crippen LogP contribution in [0.15, 0.2) is 121 Å². The molecule has 0 aliphatic rings. The van der Waals surface area contributed by atoms with Gasteiger partial charge < -0.3 is 0 Å². The van der Waals surface area contributed by atoms with Crippen molar-refractivity contribution in [1.29, 1.82) is 0 Å². The summed E-state index contributed by atoms with van der Waals surface area (Å²) in [6, 6.07) is 38.3. The molecule has 0 aliphatic carbocycles. The molecule has 0 aromatic heterocycles. The third-order valence-electron chi connectivity index (χ3n) is 6.40. The maximum absolute atomic E-state index is 13.9. The topological polar surface area (TPSA) is 0 Å². The molecule has 0 fully saturated rings. The smallest absolute Gasteiger partial charge is 0.123 e. The molecule has 0 N–H and O–H groups in total. The third-order valence-corrected chi connectivity index (χ3v) is 6.40. The summed E-state index contributed by atoms with van der Waals surface area (Å²) in [7, 11) is 0. The summed E-state index contributed by atoms with van der Waals surface area (Å²) in [5.74, 6) is -0.520. The Morgan fingerprint density at radius 2 is 0.853 bits per heavy atom. The van der Waals surface area contributed by atoms with Gasteiger partial charge in [0.2, 0.25) is 0 Å². The van der Waals surface area contributed by atoms with E-state index in [1.165, 1.54) is 24.3 Å². The van der Waals surface area contributed by atoms with Gasteiger partial charge in [-0.1, -0.05) is 97.1 Å². The fourth-order valence-electron chi connectivity index (χ4n) is 4.93. The van der Waals surface area contributed by atoms with Gasteiger partial charge in [-0.15, -0.1) is 0 Å². The van der Waals surface area contributed by atoms with Gasteiger partial charge in [-0.05, 0) is 79.2 Å². The van der Waals surface area contributed by atoms with E-state index in [-0.39, 0.29) is 11.6 Å². The minimum absolute atomic E-state index is 0.259. The molecule has 162 valence electrons. The van der Waals surface area contributed by atoms with E-state index in [4.69, 9.17) is 0 Å². The molecule has 0 aliphatic heterocycles. The first-order valence-corrected chi connectivity index (χ1v) is 11.3. The van der Waals surface area contributed by atoms with Crippen LogP contribution in [0.5, 0.6) is 0 Å². The van der Waals surface area contributed by atoms with Crippen molar-refractivity contribution < 1.29 is 8.78 Å². The molecule has 0 amide bonds. The van der Waals surface area contributed by atoms with E-state index in [2.05, 4.69) is 42.5 Å². The van der Waals surface area contributed by atoms with Crippen LogP contribution in [0.3, 0.4) is 0 Å². The lowest BCUT2D eigenvalue weighted by atomic mass is 9.83. The van der Waals surface area contributed by atoms with Crippen LogP contribution < -0.4 is 0 Å². The molecule has 0 saturated heterocycles. The van der Waals surface area contributed by atoms with Crippen LogP contribution in [0.1, 0.15) is 0 Å². The van der Waals surface area contributed by atoms with Crippen LogP contribution in [0.4, 0.5) is 8.78 Å². The summed E-state index contributed by atoms with van der Waals surface area (Å²) in [6.07, 6.45) is 0. The number of hydrogen-bond donors (Lipinski definition) is 0. The average Bonchev–Trinajstić information content (AvgIpc) is 2.89. The van der Waals surface area contributed by atoms with E-state index in [9.17, 15) is 8.78 Å². The molecule has 6 aromatic carbocycles. The van der Waals surface area contributed by atoms with Gasteiger partial charge in [0.25, 0.3) is 0 Å². The van der Waals surface area contributed by atoms with E-state index in [1.807, 2.05) is 54.6 Å². The summed E-state index contributed by atoms with van der Waals surface area (Å²) < 4.78 is 27.7. The van der Waals surface area contributed by atoms with Crippen LogP contribution in [-0.2, 0) is 0 Å². The van der Waals surface area contributed by atoms with Gasteiger partial charge in [-0.25, -0.2) is 8.78 Å². The van der Waals surface area contributed by atoms with Gasteiger partial charge in [-0.3, -0.25) is 0 Å². The Labute approximate surface area is 196 Å². The normalized spacial score (nSPS) is 11.2. The zero-order chi connectivity index (χ0) is 23.1. The first-order valence-electron chi connectivity index (χ1n) is 11.3. The van der Waals surface area contributed by atoms with E-state index >= 15 is 0 Å². The number of fused-ring (bicyclic) bond motifs is 2. The Bertz CT molecular complexity index is 1630. The number of hydrogen-bond acceptors (Lipinski definition) is 0. The highest BCUT2D eigenvalue weighted by Crippen LogP contribution is 2.46. The molecule has 0 unspecified atom stereocenters. The van der Waals surface area contributed by atoms with Crippen LogP contribution in [0.25, 0.3) is 54.9 Å². The minimum Gasteiger partial charge on any atom is -0.207 e. The second-order valence-corrected chi connectivity index (χ2v) is 8.40. The fourth-order valence-corrected chi connectivity index (χ4v) is 4.93. The predicted octanol–water partition coefficient (Wildman–Crippen LogP) is 9.27. The van der Waals surface area contributed by atoms with Gasteiger partial charge in [0, 0.05) is 0 Å². The van der Waals surface area contributed by atoms with Gasteiger partial charge in [0.15, 0.2) is 0 Å². The lowest BCUT2D eigenvalue weighted by Crippen LogP contribution is -1.93. The third kappa shape index (κ3) is 3.36. The molecule has 0 heterocycles. The van der Waals surface area contributed by atoms with E-state index in [0.29, 0.717) is 0 Å². The standard InChI is InChI=1S/C32H20F2/c33-24-17-13-22(14-18-24)30-27-9-4-5-10-28(27)31(23-15-19-25(34)20-16-23)32-26(11-6-12-29(30)32)21-7-2-1-3-8-21/h1-20H. The molecule has 0 saturated carbocycles. The summed E-state index contributed by atoms with van der Waals surface area (Å²) in [4.78, 5) is 0. The summed E-state index contributed by atoms with van der Waals surface area (Å²) >= 11 is 0. The molecule has 0 atom stereocenters. The van der Waals surface area contributed by atoms with Crippen molar-refractivity contribution in [3.05, 3.63) is 133 Å². The van der Waals surface area contributed by atoms with Crippen LogP contribution in [-0.4, -0.2) is 0 Å². The molecule has 0 radical (unpaired) electrons. The van der Waals surface area contributed by atoms with Crippen molar-refractivity contribution in [2.45, 2.75) is 0 Å². The Kier molecular flexibility index (Phi) is 4.92. The van der Waals surface area contributed by atoms with Crippen molar-refractivity contribution >= 4 is 21.5 Å². The summed E-state index contributed by atoms with van der Waals surface area (Å²) in [5.41, 5.74) is 6.25. The molecule has 34 heavy (non-hydrogen) atoms. The quantitative estimate of drug-likeness (QED) is 0.240. The van der Waals surface area contributed by atoms with Gasteiger partial charge in [0.05, 0.1) is 0 Å². The molecular formula is C32H20F2. The zero-order valence-corrected chi connectivity index (χ0v) is 18.3. The van der Waals surface area contributed by atoms with E-state index in [1.54, 1.807) is 0 Å². The zero-order valence-electron chi connectivity index (χ0n) is 18.3. The maximum Gasteiger partial charge on any atom is 0.123 e. The minimum atomic E-state index is -0.261. The number of halogens is 2. The second kappa shape index (κ2) is 8.24. The highest BCUT2D eigenvalue weighted by molar-refractivity contribution is 6.24. The average molecular weight is 443 g/mol. The van der Waals surface area contributed by atoms with Gasteiger partial charge >= 0.3 is 0 Å².